The molecule has 101 heavy (non-hydrogen) atoms. The molecule has 0 aromatic heterocycles. The van der Waals surface area contributed by atoms with Gasteiger partial charge in [0, 0.05) is 45.1 Å². The van der Waals surface area contributed by atoms with Crippen molar-refractivity contribution < 1.29 is 102 Å². The number of fused-ring (bicyclic) bond motifs is 1. The number of cyclic esters (lactones) is 1. The average Bonchev–Trinajstić information content (AvgIpc) is 0.792. The number of primary amides is 1. The van der Waals surface area contributed by atoms with Gasteiger partial charge in [-0.1, -0.05) is 83.9 Å². The number of phenols is 1. The molecule has 3 rings (SSSR count). The second kappa shape index (κ2) is 39.7. The number of nitrogens with one attached hydrogen (secondary N) is 9. The van der Waals surface area contributed by atoms with Crippen molar-refractivity contribution in [3.8, 4) is 5.75 Å². The molecule has 2 heterocycles. The molecular formula is C66H104ClN13O21. The molecule has 18 N–H and O–H groups in total. The number of methoxy groups -OCH3 is 2. The molecule has 35 heteroatoms. The van der Waals surface area contributed by atoms with Crippen LogP contribution in [0.25, 0.3) is 0 Å². The Balaban J connectivity index is 2.21. The Hall–Kier alpha value is -8.38. The van der Waals surface area contributed by atoms with Crippen molar-refractivity contribution in [2.75, 3.05) is 47.5 Å². The summed E-state index contributed by atoms with van der Waals surface area (Å²) in [6.45, 7) is 14.3. The maximum atomic E-state index is 15.4. The molecule has 1 aromatic rings. The van der Waals surface area contributed by atoms with Crippen molar-refractivity contribution in [3.05, 3.63) is 53.6 Å². The Morgan fingerprint density at radius 2 is 1.45 bits per heavy atom. The molecule has 2 saturated heterocycles. The van der Waals surface area contributed by atoms with Gasteiger partial charge >= 0.3 is 5.97 Å². The number of amides is 12. The van der Waals surface area contributed by atoms with Gasteiger partial charge in [-0.3, -0.25) is 57.5 Å². The number of rotatable bonds is 27. The number of allylic oxidation sites excluding steroid dienone is 3. The van der Waals surface area contributed by atoms with E-state index in [0.29, 0.717) is 0 Å². The van der Waals surface area contributed by atoms with Gasteiger partial charge in [-0.15, -0.1) is 11.6 Å². The topological polar surface area (TPSA) is 518 Å². The van der Waals surface area contributed by atoms with Crippen molar-refractivity contribution >= 4 is 88.5 Å². The summed E-state index contributed by atoms with van der Waals surface area (Å²) in [5.74, 6) is -18.5. The summed E-state index contributed by atoms with van der Waals surface area (Å²) in [6, 6.07) is -12.5. The number of nitrogens with zero attached hydrogens (tertiary/aromatic N) is 2. The van der Waals surface area contributed by atoms with Gasteiger partial charge in [-0.25, -0.2) is 4.79 Å². The smallest absolute Gasteiger partial charge is 0.329 e. The second-order valence-electron chi connectivity index (χ2n) is 26.3. The number of aromatic hydroxyl groups is 1. The number of carbonyl (C=O) groups is 13. The highest BCUT2D eigenvalue weighted by atomic mass is 35.5. The van der Waals surface area contributed by atoms with Crippen LogP contribution in [0.3, 0.4) is 0 Å². The number of ether oxygens (including phenoxy) is 3. The Labute approximate surface area is 592 Å². The van der Waals surface area contributed by atoms with Crippen molar-refractivity contribution in [2.24, 2.45) is 35.1 Å². The van der Waals surface area contributed by atoms with Crippen LogP contribution in [-0.4, -0.2) is 256 Å². The minimum absolute atomic E-state index is 0.0410. The van der Waals surface area contributed by atoms with Crippen LogP contribution in [0.4, 0.5) is 0 Å². The summed E-state index contributed by atoms with van der Waals surface area (Å²) in [5, 5.41) is 74.3. The molecular weight excluding hydrogens is 1350 g/mol. The van der Waals surface area contributed by atoms with E-state index in [4.69, 9.17) is 37.3 Å². The number of hydrogen-bond acceptors (Lipinski definition) is 22. The molecule has 566 valence electrons. The summed E-state index contributed by atoms with van der Waals surface area (Å²) < 4.78 is 17.3. The van der Waals surface area contributed by atoms with Crippen LogP contribution < -0.4 is 59.3 Å². The van der Waals surface area contributed by atoms with E-state index in [1.54, 1.807) is 6.92 Å². The van der Waals surface area contributed by atoms with Crippen molar-refractivity contribution in [3.63, 3.8) is 0 Å². The molecule has 0 radical (unpaired) electrons. The van der Waals surface area contributed by atoms with E-state index < -0.39 is 216 Å². The first-order chi connectivity index (χ1) is 47.1. The normalized spacial score (nSPS) is 25.1. The lowest BCUT2D eigenvalue weighted by molar-refractivity contribution is -0.168. The standard InChI is InChI=1S/C66H104ClN13O21/c1-16-31(4)25-32(5)17-22-44(84)66(12,98)65(97)71-28-46(86)74-49(37(10)81)59(91)76-48(35(8)68)58(90)75-47(33(6)34(7)55(69)87)57(89)77-50-53(30(2)3)101-64(96)43-26-40(67)23-24-80(43)63(95)51(54(100-15)39-18-20-41(83)21-19-39)78-61(93)52(38(11)82)79(13)62(94)36(9)72-45(85)27-70-56(88)42(29-99-14)73-60(50)92/h17-22,25,30-31,33-38,40,42-44,47-54,81-84,98H,16,23-24,26-29,68H2,1-15H3,(H2,69,87)(H,70,88)(H,71,97)(H,72,85)(H,73,92)(H,74,86)(H,75,90)(H,76,91)(H,77,89)(H,78,93)/b22-17-,32-25+/t31-,33+,34-,35-,36+,37-,38-,40+,42-,43+,44-,47+,48+,49+,50-,51+,52+,53-,54-,66+/m1/s1. The third-order valence-electron chi connectivity index (χ3n) is 17.6. The molecule has 0 unspecified atom stereocenters. The third-order valence-corrected chi connectivity index (χ3v) is 18.0. The molecule has 0 spiro atoms. The van der Waals surface area contributed by atoms with Crippen molar-refractivity contribution in [1.82, 2.24) is 57.7 Å². The Morgan fingerprint density at radius 1 is 0.842 bits per heavy atom. The number of alkyl halides is 1. The lowest BCUT2D eigenvalue weighted by atomic mass is 9.87. The molecule has 0 saturated carbocycles. The number of likely N-dealkylation sites (N-methyl/N-ethyl adjacent to an activating group) is 1. The average molecular weight is 1450 g/mol. The Bertz CT molecular complexity index is 3150. The summed E-state index contributed by atoms with van der Waals surface area (Å²) in [6.07, 6.45) is -3.26. The van der Waals surface area contributed by atoms with Crippen LogP contribution in [0, 0.1) is 23.7 Å². The van der Waals surface area contributed by atoms with E-state index in [9.17, 15) is 68.7 Å². The van der Waals surface area contributed by atoms with Crippen LogP contribution in [0.1, 0.15) is 114 Å². The molecule has 2 fully saturated rings. The minimum Gasteiger partial charge on any atom is -0.508 e. The number of aliphatic hydroxyl groups is 4. The third kappa shape index (κ3) is 24.7. The summed E-state index contributed by atoms with van der Waals surface area (Å²) >= 11 is 6.75. The number of phenolic OH excluding ortho intramolecular Hbond substituents is 1. The molecule has 2 aliphatic heterocycles. The van der Waals surface area contributed by atoms with Crippen molar-refractivity contribution in [2.45, 2.75) is 204 Å². The van der Waals surface area contributed by atoms with Crippen LogP contribution in [0.15, 0.2) is 48.1 Å². The minimum atomic E-state index is -2.47. The van der Waals surface area contributed by atoms with Crippen LogP contribution in [0.5, 0.6) is 5.75 Å². The number of esters is 1. The molecule has 2 aliphatic rings. The highest BCUT2D eigenvalue weighted by Gasteiger charge is 2.48. The number of halogens is 1. The quantitative estimate of drug-likeness (QED) is 0.0226. The highest BCUT2D eigenvalue weighted by molar-refractivity contribution is 6.21. The van der Waals surface area contributed by atoms with Gasteiger partial charge in [-0.2, -0.15) is 0 Å². The van der Waals surface area contributed by atoms with Gasteiger partial charge < -0.3 is 109 Å². The Kier molecular flexibility index (Phi) is 34.2. The maximum absolute atomic E-state index is 15.4. The van der Waals surface area contributed by atoms with Crippen LogP contribution >= 0.6 is 11.6 Å². The van der Waals surface area contributed by atoms with Gasteiger partial charge in [0.05, 0.1) is 31.9 Å². The van der Waals surface area contributed by atoms with E-state index in [2.05, 4.69) is 47.9 Å². The lowest BCUT2D eigenvalue weighted by Gasteiger charge is -2.41. The van der Waals surface area contributed by atoms with Gasteiger partial charge in [-0.05, 0) is 89.8 Å². The predicted molar refractivity (Wildman–Crippen MR) is 364 cm³/mol. The van der Waals surface area contributed by atoms with Gasteiger partial charge in [0.25, 0.3) is 5.91 Å². The highest BCUT2D eigenvalue weighted by Crippen LogP contribution is 2.31. The number of carbonyl (C=O) groups excluding carboxylic acids is 13. The fourth-order valence-electron chi connectivity index (χ4n) is 11.0. The maximum Gasteiger partial charge on any atom is 0.329 e. The molecule has 34 nitrogen and oxygen atoms in total. The number of nitrogens with two attached hydrogens (primary N) is 2. The van der Waals surface area contributed by atoms with Gasteiger partial charge in [0.2, 0.25) is 65.0 Å². The number of hydrogen-bond donors (Lipinski definition) is 16. The number of benzene rings is 1. The van der Waals surface area contributed by atoms with E-state index in [1.807, 2.05) is 19.9 Å². The van der Waals surface area contributed by atoms with Crippen LogP contribution in [-0.2, 0) is 76.5 Å². The van der Waals surface area contributed by atoms with E-state index in [0.717, 1.165) is 49.8 Å². The SMILES string of the molecule is CC[C@@H](C)/C=C(C)/C=C\[C@@H](O)[C@](C)(O)C(=O)NCC(=O)N[C@H](C(=O)N[C@H](C(=O)N[C@H](C(=O)N[C@H]1C(=O)N[C@H](COC)C(=O)NCC(=O)N[C@@H](C)C(=O)N(C)[C@@H]([C@@H](C)O)C(=O)N[C@@H]([C@H](OC)c2ccc(O)cc2)C(=O)N2CC[C@H](Cl)C[C@H]2C(=O)O[C@@H]1C(C)C)[C@@H](C)[C@@H](C)C(N)=O)[C@@H](C)N)[C@@H](C)O. The van der Waals surface area contributed by atoms with E-state index in [1.165, 1.54) is 92.0 Å². The largest absolute Gasteiger partial charge is 0.508 e. The second-order valence-corrected chi connectivity index (χ2v) is 26.9. The molecule has 0 bridgehead atoms. The first-order valence-electron chi connectivity index (χ1n) is 33.1. The zero-order valence-corrected chi connectivity index (χ0v) is 60.5. The van der Waals surface area contributed by atoms with Gasteiger partial charge in [0.1, 0.15) is 78.4 Å². The van der Waals surface area contributed by atoms with Crippen LogP contribution in [0.2, 0.25) is 0 Å². The van der Waals surface area contributed by atoms with E-state index in [-0.39, 0.29) is 36.6 Å². The number of aliphatic hydroxyl groups excluding tert-OH is 3. The fourth-order valence-corrected chi connectivity index (χ4v) is 11.3. The zero-order chi connectivity index (χ0) is 76.8. The summed E-state index contributed by atoms with van der Waals surface area (Å²) in [5.41, 5.74) is 10.5. The Morgan fingerprint density at radius 3 is 1.99 bits per heavy atom. The van der Waals surface area contributed by atoms with Gasteiger partial charge in [0.15, 0.2) is 5.60 Å². The first kappa shape index (κ1) is 86.8. The molecule has 0 aliphatic carbocycles. The molecule has 20 atom stereocenters. The zero-order valence-electron chi connectivity index (χ0n) is 59.7. The fraction of sp³-hybridized carbons (Fsp3) is 0.652. The summed E-state index contributed by atoms with van der Waals surface area (Å²) in [4.78, 5) is 187. The first-order valence-corrected chi connectivity index (χ1v) is 33.6. The summed E-state index contributed by atoms with van der Waals surface area (Å²) in [7, 11) is 3.49. The molecule has 1 aromatic carbocycles. The van der Waals surface area contributed by atoms with Crippen molar-refractivity contribution in [1.29, 1.82) is 0 Å². The number of piperidine rings is 1. The lowest BCUT2D eigenvalue weighted by Crippen LogP contribution is -2.66. The predicted octanol–water partition coefficient (Wildman–Crippen LogP) is -4.09. The van der Waals surface area contributed by atoms with E-state index >= 15 is 19.2 Å². The monoisotopic (exact) mass is 1450 g/mol. The molecule has 12 amide bonds.